The van der Waals surface area contributed by atoms with Crippen molar-refractivity contribution >= 4 is 28.1 Å². The molecule has 4 nitrogen and oxygen atoms in total. The molecule has 0 aliphatic carbocycles. The van der Waals surface area contributed by atoms with Gasteiger partial charge in [-0.25, -0.2) is 4.99 Å². The van der Waals surface area contributed by atoms with Crippen molar-refractivity contribution in [3.63, 3.8) is 0 Å². The van der Waals surface area contributed by atoms with Crippen molar-refractivity contribution in [2.24, 2.45) is 4.99 Å². The van der Waals surface area contributed by atoms with Gasteiger partial charge in [0.25, 0.3) is 0 Å². The molecule has 2 heterocycles. The number of benzene rings is 2. The highest BCUT2D eigenvalue weighted by atomic mass is 16.3. The second-order valence-corrected chi connectivity index (χ2v) is 5.60. The number of nitrogens with zero attached hydrogens (tertiary/aromatic N) is 1. The van der Waals surface area contributed by atoms with Gasteiger partial charge in [0.05, 0.1) is 16.8 Å². The molecule has 0 atom stereocenters. The molecule has 0 saturated carbocycles. The molecule has 22 heavy (non-hydrogen) atoms. The molecular weight excluding hydrogens is 276 g/mol. The van der Waals surface area contributed by atoms with Gasteiger partial charge < -0.3 is 10.1 Å². The monoisotopic (exact) mass is 290 g/mol. The number of hydrogen-bond acceptors (Lipinski definition) is 3. The first-order chi connectivity index (χ1) is 10.6. The van der Waals surface area contributed by atoms with E-state index < -0.39 is 0 Å². The predicted molar refractivity (Wildman–Crippen MR) is 86.4 cm³/mol. The highest BCUT2D eigenvalue weighted by molar-refractivity contribution is 6.57. The van der Waals surface area contributed by atoms with E-state index in [1.165, 1.54) is 0 Å². The van der Waals surface area contributed by atoms with Crippen molar-refractivity contribution in [3.8, 4) is 5.88 Å². The van der Waals surface area contributed by atoms with Crippen LogP contribution in [0.25, 0.3) is 10.9 Å². The summed E-state index contributed by atoms with van der Waals surface area (Å²) in [5.41, 5.74) is 4.79. The third kappa shape index (κ3) is 1.58. The van der Waals surface area contributed by atoms with Crippen molar-refractivity contribution < 1.29 is 9.90 Å². The number of nitrogens with one attached hydrogen (secondary N) is 1. The number of aromatic amines is 1. The summed E-state index contributed by atoms with van der Waals surface area (Å²) in [6.45, 7) is 3.85. The van der Waals surface area contributed by atoms with Gasteiger partial charge in [-0.3, -0.25) is 4.79 Å². The zero-order valence-corrected chi connectivity index (χ0v) is 12.3. The molecule has 4 rings (SSSR count). The molecule has 4 heteroatoms. The van der Waals surface area contributed by atoms with Crippen LogP contribution in [0.3, 0.4) is 0 Å². The first-order valence-electron chi connectivity index (χ1n) is 7.11. The minimum atomic E-state index is -0.132. The maximum Gasteiger partial charge on any atom is 0.214 e. The number of H-pyrrole nitrogens is 1. The SMILES string of the molecule is Cc1cccc2c1C(=O)C(c1c(O)[nH]c3cccc(C)c13)=N2. The van der Waals surface area contributed by atoms with Crippen LogP contribution in [0.1, 0.15) is 27.0 Å². The van der Waals surface area contributed by atoms with Crippen LogP contribution < -0.4 is 0 Å². The van der Waals surface area contributed by atoms with E-state index in [1.807, 2.05) is 50.2 Å². The van der Waals surface area contributed by atoms with Gasteiger partial charge in [0.1, 0.15) is 5.71 Å². The number of aromatic nitrogens is 1. The lowest BCUT2D eigenvalue weighted by molar-refractivity contribution is 0.106. The smallest absolute Gasteiger partial charge is 0.214 e. The Hall–Kier alpha value is -2.88. The Balaban J connectivity index is 2.01. The van der Waals surface area contributed by atoms with Crippen molar-refractivity contribution in [2.45, 2.75) is 13.8 Å². The quantitative estimate of drug-likeness (QED) is 0.715. The van der Waals surface area contributed by atoms with Crippen LogP contribution in [0, 0.1) is 13.8 Å². The Bertz CT molecular complexity index is 980. The minimum absolute atomic E-state index is 0.0122. The lowest BCUT2D eigenvalue weighted by Gasteiger charge is -2.02. The van der Waals surface area contributed by atoms with Crippen LogP contribution in [0.2, 0.25) is 0 Å². The number of rotatable bonds is 1. The molecule has 2 aromatic carbocycles. The summed E-state index contributed by atoms with van der Waals surface area (Å²) >= 11 is 0. The minimum Gasteiger partial charge on any atom is -0.494 e. The van der Waals surface area contributed by atoms with Crippen LogP contribution in [0.5, 0.6) is 5.88 Å². The van der Waals surface area contributed by atoms with E-state index in [-0.39, 0.29) is 11.7 Å². The summed E-state index contributed by atoms with van der Waals surface area (Å²) in [7, 11) is 0. The Morgan fingerprint density at radius 2 is 1.73 bits per heavy atom. The highest BCUT2D eigenvalue weighted by Gasteiger charge is 2.31. The third-order valence-electron chi connectivity index (χ3n) is 4.17. The molecular formula is C18H14N2O2. The number of carbonyl (C=O) groups is 1. The zero-order chi connectivity index (χ0) is 15.4. The molecule has 0 fully saturated rings. The molecule has 0 bridgehead atoms. The van der Waals surface area contributed by atoms with Gasteiger partial charge in [-0.1, -0.05) is 24.3 Å². The topological polar surface area (TPSA) is 65.4 Å². The first-order valence-corrected chi connectivity index (χ1v) is 7.11. The predicted octanol–water partition coefficient (Wildman–Crippen LogP) is 3.81. The van der Waals surface area contributed by atoms with Crippen LogP contribution in [0.15, 0.2) is 41.4 Å². The summed E-state index contributed by atoms with van der Waals surface area (Å²) in [6, 6.07) is 11.4. The fraction of sp³-hybridized carbons (Fsp3) is 0.111. The van der Waals surface area contributed by atoms with E-state index in [9.17, 15) is 9.90 Å². The van der Waals surface area contributed by atoms with E-state index in [4.69, 9.17) is 0 Å². The number of hydrogen-bond donors (Lipinski definition) is 2. The zero-order valence-electron chi connectivity index (χ0n) is 12.3. The van der Waals surface area contributed by atoms with E-state index >= 15 is 0 Å². The summed E-state index contributed by atoms with van der Waals surface area (Å²) in [4.78, 5) is 20.2. The fourth-order valence-corrected chi connectivity index (χ4v) is 3.14. The van der Waals surface area contributed by atoms with Gasteiger partial charge in [-0.15, -0.1) is 0 Å². The Morgan fingerprint density at radius 1 is 1.00 bits per heavy atom. The van der Waals surface area contributed by atoms with Crippen molar-refractivity contribution in [3.05, 3.63) is 58.7 Å². The van der Waals surface area contributed by atoms with Gasteiger partial charge >= 0.3 is 0 Å². The summed E-state index contributed by atoms with van der Waals surface area (Å²) in [5, 5.41) is 11.1. The molecule has 0 saturated heterocycles. The first kappa shape index (κ1) is 12.8. The molecule has 2 N–H and O–H groups in total. The second-order valence-electron chi connectivity index (χ2n) is 5.60. The third-order valence-corrected chi connectivity index (χ3v) is 4.17. The molecule has 0 radical (unpaired) electrons. The number of aliphatic imine (C=N–C) groups is 1. The standard InChI is InChI=1S/C18H14N2O2/c1-9-5-3-7-11-13(9)15(18(22)20-11)16-17(21)14-10(2)6-4-8-12(14)19-16/h3-8,20,22H,1-2H3. The lowest BCUT2D eigenvalue weighted by Crippen LogP contribution is -2.12. The van der Waals surface area contributed by atoms with E-state index in [2.05, 4.69) is 9.98 Å². The molecule has 0 amide bonds. The maximum absolute atomic E-state index is 12.8. The number of aromatic hydroxyl groups is 1. The molecule has 1 aliphatic heterocycles. The number of fused-ring (bicyclic) bond motifs is 2. The van der Waals surface area contributed by atoms with E-state index in [0.717, 1.165) is 22.0 Å². The molecule has 1 aliphatic rings. The molecule has 0 spiro atoms. The van der Waals surface area contributed by atoms with Gasteiger partial charge in [0, 0.05) is 10.9 Å². The molecule has 3 aromatic rings. The summed E-state index contributed by atoms with van der Waals surface area (Å²) < 4.78 is 0. The number of aryl methyl sites for hydroxylation is 2. The average molecular weight is 290 g/mol. The second kappa shape index (κ2) is 4.31. The van der Waals surface area contributed by atoms with Crippen molar-refractivity contribution in [2.75, 3.05) is 0 Å². The van der Waals surface area contributed by atoms with Gasteiger partial charge in [-0.05, 0) is 37.1 Å². The molecule has 1 aromatic heterocycles. The van der Waals surface area contributed by atoms with Crippen molar-refractivity contribution in [1.82, 2.24) is 4.98 Å². The maximum atomic E-state index is 12.8. The molecule has 0 unspecified atom stereocenters. The van der Waals surface area contributed by atoms with Crippen LogP contribution in [-0.2, 0) is 0 Å². The number of carbonyl (C=O) groups excluding carboxylic acids is 1. The van der Waals surface area contributed by atoms with E-state index in [1.54, 1.807) is 0 Å². The normalized spacial score (nSPS) is 13.5. The van der Waals surface area contributed by atoms with Gasteiger partial charge in [-0.2, -0.15) is 0 Å². The van der Waals surface area contributed by atoms with Crippen LogP contribution >= 0.6 is 0 Å². The average Bonchev–Trinajstić information content (AvgIpc) is 2.98. The number of Topliss-reactive ketones (excluding diaryl/α,β-unsaturated/α-hetero) is 1. The number of ketones is 1. The van der Waals surface area contributed by atoms with E-state index in [0.29, 0.717) is 22.5 Å². The Morgan fingerprint density at radius 3 is 2.50 bits per heavy atom. The fourth-order valence-electron chi connectivity index (χ4n) is 3.14. The van der Waals surface area contributed by atoms with Gasteiger partial charge in [0.2, 0.25) is 5.78 Å². The van der Waals surface area contributed by atoms with Crippen LogP contribution in [0.4, 0.5) is 5.69 Å². The largest absolute Gasteiger partial charge is 0.494 e. The Labute approximate surface area is 127 Å². The van der Waals surface area contributed by atoms with Gasteiger partial charge in [0.15, 0.2) is 5.88 Å². The Kier molecular flexibility index (Phi) is 2.51. The van der Waals surface area contributed by atoms with Crippen LogP contribution in [-0.4, -0.2) is 21.6 Å². The van der Waals surface area contributed by atoms with Crippen molar-refractivity contribution in [1.29, 1.82) is 0 Å². The molecule has 108 valence electrons. The highest BCUT2D eigenvalue weighted by Crippen LogP contribution is 2.37. The lowest BCUT2D eigenvalue weighted by atomic mass is 9.97. The summed E-state index contributed by atoms with van der Waals surface area (Å²) in [5.74, 6) is -0.144. The summed E-state index contributed by atoms with van der Waals surface area (Å²) in [6.07, 6.45) is 0.